The third-order valence-electron chi connectivity index (χ3n) is 1.19. The van der Waals surface area contributed by atoms with E-state index in [0.29, 0.717) is 0 Å². The predicted octanol–water partition coefficient (Wildman–Crippen LogP) is -4.15. The molecular weight excluding hydrogens is 283 g/mol. The number of hydrogen-bond acceptors (Lipinski definition) is 1. The smallest absolute Gasteiger partial charge is 1.00 e. The number of nitrogens with zero attached hydrogens (tertiary/aromatic N) is 1. The fourth-order valence-corrected chi connectivity index (χ4v) is 0.693. The van der Waals surface area contributed by atoms with Gasteiger partial charge in [-0.2, -0.15) is 18.2 Å². The quantitative estimate of drug-likeness (QED) is 0.340. The van der Waals surface area contributed by atoms with Crippen LogP contribution in [0.2, 0.25) is 0 Å². The average Bonchev–Trinajstić information content (AvgIpc) is 2.67. The molecule has 0 saturated carbocycles. The van der Waals surface area contributed by atoms with Gasteiger partial charge in [0.1, 0.15) is 0 Å². The van der Waals surface area contributed by atoms with Crippen LogP contribution in [-0.2, 0) is 26.2 Å². The molecule has 0 aliphatic carbocycles. The Morgan fingerprint density at radius 2 is 1.77 bits per heavy atom. The molecule has 0 aromatic heterocycles. The maximum Gasteiger partial charge on any atom is 4.00 e. The van der Waals surface area contributed by atoms with Crippen LogP contribution in [0.5, 0.6) is 0 Å². The minimum Gasteiger partial charge on any atom is -1.00 e. The maximum absolute atomic E-state index is 3.90. The van der Waals surface area contributed by atoms with Crippen LogP contribution in [0.15, 0.2) is 35.2 Å². The van der Waals surface area contributed by atoms with E-state index >= 15 is 0 Å². The molecule has 1 aromatic rings. The zero-order valence-electron chi connectivity index (χ0n) is 7.16. The minimum absolute atomic E-state index is 0. The summed E-state index contributed by atoms with van der Waals surface area (Å²) in [5.41, 5.74) is 0. The van der Waals surface area contributed by atoms with Crippen molar-refractivity contribution in [2.45, 2.75) is 6.42 Å². The molecule has 0 saturated heterocycles. The molecule has 1 nitrogen and oxygen atoms in total. The second-order valence-corrected chi connectivity index (χ2v) is 2.04. The van der Waals surface area contributed by atoms with Crippen molar-refractivity contribution in [3.8, 4) is 0 Å². The molecule has 0 N–H and O–H groups in total. The van der Waals surface area contributed by atoms with Gasteiger partial charge in [0.2, 0.25) is 0 Å². The summed E-state index contributed by atoms with van der Waals surface area (Å²) in [4.78, 5) is 3.90. The van der Waals surface area contributed by atoms with E-state index in [2.05, 4.69) is 11.2 Å². The van der Waals surface area contributed by atoms with Crippen molar-refractivity contribution < 1.29 is 51.0 Å². The molecule has 0 radical (unpaired) electrons. The zero-order chi connectivity index (χ0) is 7.07. The maximum atomic E-state index is 3.90. The first-order valence-electron chi connectivity index (χ1n) is 3.48. The van der Waals surface area contributed by atoms with Gasteiger partial charge in [-0.1, -0.05) is 0 Å². The van der Waals surface area contributed by atoms with Crippen LogP contribution in [0.25, 0.3) is 0 Å². The van der Waals surface area contributed by atoms with Gasteiger partial charge in [-0.05, 0) is 0 Å². The molecule has 1 heterocycles. The number of halogens is 2. The Morgan fingerprint density at radius 1 is 1.15 bits per heavy atom. The SMILES string of the molecule is B1=NCC[CH-]1.[Cl-].[Cl-].[Zr+4].c1cc[cH-]c1. The van der Waals surface area contributed by atoms with Gasteiger partial charge in [0, 0.05) is 0 Å². The van der Waals surface area contributed by atoms with Crippen LogP contribution < -0.4 is 24.8 Å². The second-order valence-electron chi connectivity index (χ2n) is 2.04. The standard InChI is InChI=1S/C5H5.C3H5BN.2ClH.Zr/c2*1-2-4-5-3-1;;;/h1-5H;2H,1,3H2;2*1H;/q2*-1;;;+4/p-2. The summed E-state index contributed by atoms with van der Waals surface area (Å²) in [5, 5.41) is 0. The summed E-state index contributed by atoms with van der Waals surface area (Å²) in [6.07, 6.45) is 3.22. The number of hydrogen-bond donors (Lipinski definition) is 0. The van der Waals surface area contributed by atoms with Crippen LogP contribution in [0.3, 0.4) is 0 Å². The summed E-state index contributed by atoms with van der Waals surface area (Å²) in [7, 11) is 1.86. The molecule has 0 atom stereocenters. The summed E-state index contributed by atoms with van der Waals surface area (Å²) < 4.78 is 0. The summed E-state index contributed by atoms with van der Waals surface area (Å²) in [6, 6.07) is 10.0. The Bertz CT molecular complexity index is 157. The molecule has 0 amide bonds. The van der Waals surface area contributed by atoms with Gasteiger partial charge in [0.05, 0.1) is 0 Å². The van der Waals surface area contributed by atoms with Crippen LogP contribution in [0, 0.1) is 6.32 Å². The van der Waals surface area contributed by atoms with E-state index < -0.39 is 0 Å². The average molecular weight is 293 g/mol. The van der Waals surface area contributed by atoms with Crippen molar-refractivity contribution in [1.29, 1.82) is 0 Å². The molecule has 0 bridgehead atoms. The van der Waals surface area contributed by atoms with E-state index in [9.17, 15) is 0 Å². The second kappa shape index (κ2) is 15.0. The fourth-order valence-electron chi connectivity index (χ4n) is 0.693. The normalized spacial score (nSPS) is 9.85. The van der Waals surface area contributed by atoms with Crippen LogP contribution in [0.1, 0.15) is 6.42 Å². The summed E-state index contributed by atoms with van der Waals surface area (Å²) in [6.45, 7) is 1.01. The van der Waals surface area contributed by atoms with E-state index in [-0.39, 0.29) is 51.0 Å². The molecular formula is C8H10BCl2NZr. The fraction of sp³-hybridized carbons (Fsp3) is 0.250. The van der Waals surface area contributed by atoms with Gasteiger partial charge in [0.25, 0.3) is 0 Å². The van der Waals surface area contributed by atoms with Crippen molar-refractivity contribution in [3.63, 3.8) is 0 Å². The first-order valence-corrected chi connectivity index (χ1v) is 3.48. The molecule has 0 unspecified atom stereocenters. The van der Waals surface area contributed by atoms with Gasteiger partial charge in [-0.15, -0.1) is 0 Å². The topological polar surface area (TPSA) is 12.4 Å². The number of rotatable bonds is 0. The Hall–Kier alpha value is 0.548. The molecule has 1 aromatic carbocycles. The van der Waals surface area contributed by atoms with Crippen LogP contribution in [-0.4, -0.2) is 13.6 Å². The van der Waals surface area contributed by atoms with E-state index in [1.807, 2.05) is 37.4 Å². The Morgan fingerprint density at radius 3 is 1.92 bits per heavy atom. The van der Waals surface area contributed by atoms with Gasteiger partial charge in [-0.3, -0.25) is 0 Å². The van der Waals surface area contributed by atoms with Gasteiger partial charge < -0.3 is 24.8 Å². The Labute approximate surface area is 112 Å². The molecule has 2 rings (SSSR count). The van der Waals surface area contributed by atoms with Crippen molar-refractivity contribution in [2.24, 2.45) is 4.90 Å². The third kappa shape index (κ3) is 12.5. The van der Waals surface area contributed by atoms with E-state index in [1.165, 1.54) is 0 Å². The summed E-state index contributed by atoms with van der Waals surface area (Å²) in [5.74, 6) is 0. The molecule has 68 valence electrons. The van der Waals surface area contributed by atoms with Crippen LogP contribution in [0.4, 0.5) is 0 Å². The first-order chi connectivity index (χ1) is 5.00. The first kappa shape index (κ1) is 19.2. The third-order valence-corrected chi connectivity index (χ3v) is 1.19. The van der Waals surface area contributed by atoms with Gasteiger partial charge in [0.15, 0.2) is 0 Å². The van der Waals surface area contributed by atoms with Crippen molar-refractivity contribution in [2.75, 3.05) is 6.54 Å². The molecule has 0 fully saturated rings. The Balaban J connectivity index is -0.000000125. The van der Waals surface area contributed by atoms with Gasteiger partial charge >= 0.3 is 57.5 Å². The largest absolute Gasteiger partial charge is 4.00 e. The minimum atomic E-state index is 0. The van der Waals surface area contributed by atoms with Crippen molar-refractivity contribution in [3.05, 3.63) is 36.7 Å². The zero-order valence-corrected chi connectivity index (χ0v) is 11.1. The molecule has 1 aliphatic rings. The van der Waals surface area contributed by atoms with E-state index in [1.54, 1.807) is 0 Å². The molecule has 0 spiro atoms. The van der Waals surface area contributed by atoms with Crippen molar-refractivity contribution in [1.82, 2.24) is 0 Å². The summed E-state index contributed by atoms with van der Waals surface area (Å²) >= 11 is 0. The monoisotopic (exact) mass is 291 g/mol. The van der Waals surface area contributed by atoms with E-state index in [4.69, 9.17) is 0 Å². The Kier molecular flexibility index (Phi) is 22.2. The molecule has 1 aliphatic heterocycles. The molecule has 13 heavy (non-hydrogen) atoms. The van der Waals surface area contributed by atoms with Crippen molar-refractivity contribution >= 4 is 7.07 Å². The van der Waals surface area contributed by atoms with Gasteiger partial charge in [-0.25, -0.2) is 12.1 Å². The van der Waals surface area contributed by atoms with E-state index in [0.717, 1.165) is 13.0 Å². The predicted molar refractivity (Wildman–Crippen MR) is 44.0 cm³/mol. The molecule has 5 heteroatoms. The van der Waals surface area contributed by atoms with Crippen LogP contribution >= 0.6 is 0 Å².